The molecule has 0 bridgehead atoms. The van der Waals surface area contributed by atoms with Crippen molar-refractivity contribution in [2.45, 2.75) is 26.3 Å². The molecule has 0 aliphatic carbocycles. The van der Waals surface area contributed by atoms with Crippen molar-refractivity contribution in [3.05, 3.63) is 82.8 Å². The number of pyridine rings is 2. The first-order valence-corrected chi connectivity index (χ1v) is 11.2. The monoisotopic (exact) mass is 447 g/mol. The Morgan fingerprint density at radius 1 is 1.12 bits per heavy atom. The van der Waals surface area contributed by atoms with Crippen molar-refractivity contribution in [3.63, 3.8) is 0 Å². The molecule has 8 nitrogen and oxygen atoms in total. The van der Waals surface area contributed by atoms with Gasteiger partial charge < -0.3 is 19.6 Å². The van der Waals surface area contributed by atoms with Gasteiger partial charge in [0.2, 0.25) is 5.88 Å². The molecular formula is C25H29N5O3. The van der Waals surface area contributed by atoms with Gasteiger partial charge >= 0.3 is 0 Å². The van der Waals surface area contributed by atoms with Crippen LogP contribution in [-0.4, -0.2) is 37.9 Å². The number of benzene rings is 1. The van der Waals surface area contributed by atoms with Crippen molar-refractivity contribution in [2.24, 2.45) is 10.2 Å². The summed E-state index contributed by atoms with van der Waals surface area (Å²) in [5, 5.41) is 20.5. The molecule has 4 rings (SSSR count). The molecule has 0 radical (unpaired) electrons. The van der Waals surface area contributed by atoms with E-state index in [0.717, 1.165) is 34.8 Å². The third kappa shape index (κ3) is 6.73. The van der Waals surface area contributed by atoms with Crippen molar-refractivity contribution >= 4 is 11.5 Å². The van der Waals surface area contributed by atoms with Crippen molar-refractivity contribution < 1.29 is 14.2 Å². The van der Waals surface area contributed by atoms with Crippen molar-refractivity contribution in [3.8, 4) is 5.88 Å². The van der Waals surface area contributed by atoms with Crippen LogP contribution in [0.25, 0.3) is 0 Å². The molecule has 3 heterocycles. The first-order chi connectivity index (χ1) is 16.2. The lowest BCUT2D eigenvalue weighted by atomic mass is 10.1. The standard InChI is InChI=1S/C25H29N5O3/c1-20-6-4-7-21(16-20)19-26-28-24-17-23(29-11-14-32-15-12-29)18-25(27-24)33-13-5-9-22-8-2-3-10-30(22)31/h2-4,6-8,10,16-18H,5,9,11-15,19H2,1H3. The molecule has 3 aromatic rings. The van der Waals surface area contributed by atoms with Gasteiger partial charge in [0.1, 0.15) is 0 Å². The van der Waals surface area contributed by atoms with Crippen LogP contribution in [0.4, 0.5) is 11.5 Å². The van der Waals surface area contributed by atoms with Crippen LogP contribution in [-0.2, 0) is 17.7 Å². The smallest absolute Gasteiger partial charge is 0.217 e. The van der Waals surface area contributed by atoms with E-state index in [4.69, 9.17) is 9.47 Å². The Labute approximate surface area is 194 Å². The zero-order valence-corrected chi connectivity index (χ0v) is 18.9. The third-order valence-electron chi connectivity index (χ3n) is 5.39. The second kappa shape index (κ2) is 11.4. The van der Waals surface area contributed by atoms with E-state index >= 15 is 0 Å². The molecule has 2 aromatic heterocycles. The normalized spacial score (nSPS) is 14.0. The molecule has 1 fully saturated rings. The Hall–Kier alpha value is -3.52. The van der Waals surface area contributed by atoms with Crippen LogP contribution < -0.4 is 14.4 Å². The van der Waals surface area contributed by atoms with E-state index in [2.05, 4.69) is 39.2 Å². The number of aryl methyl sites for hydroxylation is 2. The Morgan fingerprint density at radius 2 is 2.00 bits per heavy atom. The number of nitrogens with zero attached hydrogens (tertiary/aromatic N) is 5. The molecule has 1 aromatic carbocycles. The zero-order chi connectivity index (χ0) is 22.9. The highest BCUT2D eigenvalue weighted by molar-refractivity contribution is 5.55. The fraction of sp³-hybridized carbons (Fsp3) is 0.360. The largest absolute Gasteiger partial charge is 0.619 e. The summed E-state index contributed by atoms with van der Waals surface area (Å²) in [7, 11) is 0. The summed E-state index contributed by atoms with van der Waals surface area (Å²) in [5.74, 6) is 1.02. The summed E-state index contributed by atoms with van der Waals surface area (Å²) >= 11 is 0. The molecule has 0 spiro atoms. The fourth-order valence-corrected chi connectivity index (χ4v) is 3.69. The fourth-order valence-electron chi connectivity index (χ4n) is 3.69. The second-order valence-corrected chi connectivity index (χ2v) is 7.98. The molecule has 0 saturated carbocycles. The van der Waals surface area contributed by atoms with E-state index in [-0.39, 0.29) is 0 Å². The van der Waals surface area contributed by atoms with E-state index < -0.39 is 0 Å². The first kappa shape index (κ1) is 22.7. The quantitative estimate of drug-likeness (QED) is 0.213. The third-order valence-corrected chi connectivity index (χ3v) is 5.39. The number of rotatable bonds is 9. The molecule has 0 N–H and O–H groups in total. The number of hydrogen-bond donors (Lipinski definition) is 0. The number of azo groups is 1. The Bertz CT molecular complexity index is 1080. The maximum Gasteiger partial charge on any atom is 0.217 e. The van der Waals surface area contributed by atoms with E-state index in [0.29, 0.717) is 50.9 Å². The topological polar surface area (TPSA) is 86.2 Å². The van der Waals surface area contributed by atoms with Crippen molar-refractivity contribution in [2.75, 3.05) is 37.8 Å². The van der Waals surface area contributed by atoms with Crippen molar-refractivity contribution in [1.82, 2.24) is 4.98 Å². The predicted octanol–water partition coefficient (Wildman–Crippen LogP) is 4.16. The Balaban J connectivity index is 1.43. The van der Waals surface area contributed by atoms with Crippen LogP contribution in [0, 0.1) is 12.1 Å². The molecule has 1 aliphatic rings. The molecule has 8 heteroatoms. The molecule has 0 unspecified atom stereocenters. The molecule has 172 valence electrons. The van der Waals surface area contributed by atoms with E-state index in [9.17, 15) is 5.21 Å². The van der Waals surface area contributed by atoms with Gasteiger partial charge in [0.05, 0.1) is 26.4 Å². The molecule has 0 amide bonds. The summed E-state index contributed by atoms with van der Waals surface area (Å²) in [6, 6.07) is 17.5. The number of aromatic nitrogens is 2. The average molecular weight is 448 g/mol. The van der Waals surface area contributed by atoms with Crippen molar-refractivity contribution in [1.29, 1.82) is 0 Å². The van der Waals surface area contributed by atoms with Crippen LogP contribution in [0.15, 0.2) is 71.0 Å². The molecule has 1 saturated heterocycles. The lowest BCUT2D eigenvalue weighted by Crippen LogP contribution is -2.36. The van der Waals surface area contributed by atoms with Gasteiger partial charge in [-0.15, -0.1) is 5.11 Å². The highest BCUT2D eigenvalue weighted by Crippen LogP contribution is 2.26. The summed E-state index contributed by atoms with van der Waals surface area (Å²) in [6.07, 6.45) is 2.86. The van der Waals surface area contributed by atoms with Gasteiger partial charge in [-0.2, -0.15) is 14.8 Å². The Kier molecular flexibility index (Phi) is 7.81. The summed E-state index contributed by atoms with van der Waals surface area (Å²) in [5.41, 5.74) is 4.02. The Morgan fingerprint density at radius 3 is 2.82 bits per heavy atom. The average Bonchev–Trinajstić information content (AvgIpc) is 2.83. The molecular weight excluding hydrogens is 418 g/mol. The van der Waals surface area contributed by atoms with Gasteiger partial charge in [-0.3, -0.25) is 0 Å². The lowest BCUT2D eigenvalue weighted by Gasteiger charge is -2.29. The van der Waals surface area contributed by atoms with Crippen LogP contribution >= 0.6 is 0 Å². The molecule has 33 heavy (non-hydrogen) atoms. The highest BCUT2D eigenvalue weighted by Gasteiger charge is 2.14. The van der Waals surface area contributed by atoms with Gasteiger partial charge in [-0.1, -0.05) is 35.9 Å². The van der Waals surface area contributed by atoms with Crippen LogP contribution in [0.5, 0.6) is 5.88 Å². The maximum absolute atomic E-state index is 11.8. The highest BCUT2D eigenvalue weighted by atomic mass is 16.5. The number of hydrogen-bond acceptors (Lipinski definition) is 7. The van der Waals surface area contributed by atoms with Gasteiger partial charge in [0, 0.05) is 49.5 Å². The predicted molar refractivity (Wildman–Crippen MR) is 126 cm³/mol. The number of morpholine rings is 1. The zero-order valence-electron chi connectivity index (χ0n) is 18.9. The van der Waals surface area contributed by atoms with E-state index in [1.807, 2.05) is 36.4 Å². The lowest BCUT2D eigenvalue weighted by molar-refractivity contribution is -0.614. The summed E-state index contributed by atoms with van der Waals surface area (Å²) in [4.78, 5) is 6.77. The maximum atomic E-state index is 11.8. The minimum atomic E-state index is 0.453. The minimum absolute atomic E-state index is 0.453. The summed E-state index contributed by atoms with van der Waals surface area (Å²) < 4.78 is 12.3. The van der Waals surface area contributed by atoms with Crippen LogP contribution in [0.1, 0.15) is 23.2 Å². The van der Waals surface area contributed by atoms with Crippen LogP contribution in [0.2, 0.25) is 0 Å². The van der Waals surface area contributed by atoms with Gasteiger partial charge in [-0.05, 0) is 18.9 Å². The number of ether oxygens (including phenoxy) is 2. The molecule has 0 atom stereocenters. The minimum Gasteiger partial charge on any atom is -0.619 e. The van der Waals surface area contributed by atoms with E-state index in [1.54, 1.807) is 6.07 Å². The van der Waals surface area contributed by atoms with Gasteiger partial charge in [0.25, 0.3) is 0 Å². The van der Waals surface area contributed by atoms with Crippen LogP contribution in [0.3, 0.4) is 0 Å². The summed E-state index contributed by atoms with van der Waals surface area (Å²) in [6.45, 7) is 6.00. The number of anilines is 1. The first-order valence-electron chi connectivity index (χ1n) is 11.2. The second-order valence-electron chi connectivity index (χ2n) is 7.98. The van der Waals surface area contributed by atoms with E-state index in [1.165, 1.54) is 11.8 Å². The van der Waals surface area contributed by atoms with Gasteiger partial charge in [0.15, 0.2) is 17.7 Å². The van der Waals surface area contributed by atoms with Gasteiger partial charge in [-0.25, -0.2) is 0 Å². The SMILES string of the molecule is Cc1cccc(CN=Nc2cc(N3CCOCC3)cc(OCCCc3cccc[n+]3[O-])n2)c1. The molecule has 1 aliphatic heterocycles.